The molecule has 1 aromatic rings. The quantitative estimate of drug-likeness (QED) is 0.476. The first kappa shape index (κ1) is 14.2. The third-order valence-corrected chi connectivity index (χ3v) is 4.51. The molecule has 0 radical (unpaired) electrons. The van der Waals surface area contributed by atoms with Crippen LogP contribution >= 0.6 is 35.1 Å². The van der Waals surface area contributed by atoms with Gasteiger partial charge in [0, 0.05) is 5.56 Å². The molecule has 0 aliphatic heterocycles. The largest absolute Gasteiger partial charge is 0.288 e. The number of Topliss-reactive ketones (excluding diaryl/α,β-unsaturated/α-hetero) is 1. The zero-order valence-electron chi connectivity index (χ0n) is 9.36. The summed E-state index contributed by atoms with van der Waals surface area (Å²) < 4.78 is 0.706. The number of thioether (sulfide) groups is 2. The lowest BCUT2D eigenvalue weighted by Gasteiger charge is -2.05. The SMILES string of the molecule is CSC(SC)=C(C#N)C(=O)c1ccccc1Cl. The van der Waals surface area contributed by atoms with Crippen LogP contribution < -0.4 is 0 Å². The van der Waals surface area contributed by atoms with Gasteiger partial charge >= 0.3 is 0 Å². The minimum Gasteiger partial charge on any atom is -0.288 e. The van der Waals surface area contributed by atoms with Gasteiger partial charge in [-0.25, -0.2) is 0 Å². The summed E-state index contributed by atoms with van der Waals surface area (Å²) in [7, 11) is 0. The highest BCUT2D eigenvalue weighted by Crippen LogP contribution is 2.30. The number of benzene rings is 1. The Morgan fingerprint density at radius 3 is 2.35 bits per heavy atom. The number of hydrogen-bond acceptors (Lipinski definition) is 4. The number of hydrogen-bond donors (Lipinski definition) is 0. The van der Waals surface area contributed by atoms with Crippen molar-refractivity contribution in [3.63, 3.8) is 0 Å². The number of rotatable bonds is 4. The first-order valence-electron chi connectivity index (χ1n) is 4.67. The van der Waals surface area contributed by atoms with Gasteiger partial charge in [-0.05, 0) is 24.6 Å². The third-order valence-electron chi connectivity index (χ3n) is 2.03. The van der Waals surface area contributed by atoms with Crippen molar-refractivity contribution >= 4 is 40.9 Å². The molecule has 0 spiro atoms. The van der Waals surface area contributed by atoms with Crippen LogP contribution in [0.3, 0.4) is 0 Å². The highest BCUT2D eigenvalue weighted by molar-refractivity contribution is 8.21. The van der Waals surface area contributed by atoms with Gasteiger partial charge in [0.25, 0.3) is 0 Å². The van der Waals surface area contributed by atoms with Crippen LogP contribution in [0.15, 0.2) is 34.1 Å². The standard InChI is InChI=1S/C12H10ClNOS2/c1-16-12(17-2)9(7-14)11(15)8-5-3-4-6-10(8)13/h3-6H,1-2H3. The number of ketones is 1. The van der Waals surface area contributed by atoms with Crippen molar-refractivity contribution in [3.8, 4) is 6.07 Å². The number of nitriles is 1. The molecule has 0 bridgehead atoms. The van der Waals surface area contributed by atoms with E-state index in [2.05, 4.69) is 0 Å². The van der Waals surface area contributed by atoms with E-state index in [1.807, 2.05) is 18.6 Å². The molecule has 0 aromatic heterocycles. The van der Waals surface area contributed by atoms with Gasteiger partial charge < -0.3 is 0 Å². The van der Waals surface area contributed by atoms with Crippen LogP contribution in [-0.4, -0.2) is 18.3 Å². The lowest BCUT2D eigenvalue weighted by molar-refractivity contribution is 0.103. The Bertz CT molecular complexity index is 499. The second-order valence-electron chi connectivity index (χ2n) is 2.99. The van der Waals surface area contributed by atoms with Crippen LogP contribution in [0.5, 0.6) is 0 Å². The minimum absolute atomic E-state index is 0.151. The molecule has 0 aliphatic rings. The molecule has 0 amide bonds. The van der Waals surface area contributed by atoms with E-state index in [0.717, 1.165) is 0 Å². The molecule has 0 atom stereocenters. The summed E-state index contributed by atoms with van der Waals surface area (Å²) >= 11 is 8.72. The monoisotopic (exact) mass is 283 g/mol. The van der Waals surface area contributed by atoms with Crippen LogP contribution in [0.1, 0.15) is 10.4 Å². The summed E-state index contributed by atoms with van der Waals surface area (Å²) in [5, 5.41) is 9.45. The molecule has 0 saturated carbocycles. The Morgan fingerprint density at radius 1 is 1.29 bits per heavy atom. The molecule has 0 aliphatic carbocycles. The molecule has 1 rings (SSSR count). The van der Waals surface area contributed by atoms with Crippen LogP contribution in [0.4, 0.5) is 0 Å². The smallest absolute Gasteiger partial charge is 0.206 e. The van der Waals surface area contributed by atoms with Gasteiger partial charge in [-0.3, -0.25) is 4.79 Å². The van der Waals surface area contributed by atoms with Crippen LogP contribution in [0, 0.1) is 11.3 Å². The van der Waals surface area contributed by atoms with Gasteiger partial charge in [0.1, 0.15) is 11.6 Å². The highest BCUT2D eigenvalue weighted by atomic mass is 35.5. The molecule has 0 unspecified atom stereocenters. The number of halogens is 1. The molecule has 2 nitrogen and oxygen atoms in total. The Kier molecular flexibility index (Phi) is 5.63. The van der Waals surface area contributed by atoms with Crippen molar-refractivity contribution in [2.75, 3.05) is 12.5 Å². The lowest BCUT2D eigenvalue weighted by atomic mass is 10.1. The fourth-order valence-electron chi connectivity index (χ4n) is 1.26. The van der Waals surface area contributed by atoms with E-state index >= 15 is 0 Å². The second kappa shape index (κ2) is 6.75. The van der Waals surface area contributed by atoms with E-state index in [4.69, 9.17) is 16.9 Å². The Labute approximate surface area is 114 Å². The number of nitrogens with zero attached hydrogens (tertiary/aromatic N) is 1. The maximum Gasteiger partial charge on any atom is 0.206 e. The Balaban J connectivity index is 3.26. The first-order valence-corrected chi connectivity index (χ1v) is 7.50. The van der Waals surface area contributed by atoms with E-state index in [9.17, 15) is 4.79 Å². The number of carbonyl (C=O) groups excluding carboxylic acids is 1. The molecule has 5 heteroatoms. The zero-order valence-corrected chi connectivity index (χ0v) is 11.7. The number of allylic oxidation sites excluding steroid dienone is 1. The van der Waals surface area contributed by atoms with Gasteiger partial charge in [0.2, 0.25) is 5.78 Å². The van der Waals surface area contributed by atoms with Crippen LogP contribution in [-0.2, 0) is 0 Å². The summed E-state index contributed by atoms with van der Waals surface area (Å²) in [5.74, 6) is -0.322. The fraction of sp³-hybridized carbons (Fsp3) is 0.167. The average molecular weight is 284 g/mol. The van der Waals surface area contributed by atoms with Gasteiger partial charge in [0.05, 0.1) is 9.26 Å². The van der Waals surface area contributed by atoms with Crippen LogP contribution in [0.25, 0.3) is 0 Å². The predicted octanol–water partition coefficient (Wildman–Crippen LogP) is 3.98. The van der Waals surface area contributed by atoms with Gasteiger partial charge in [-0.1, -0.05) is 23.7 Å². The predicted molar refractivity (Wildman–Crippen MR) is 75.5 cm³/mol. The summed E-state index contributed by atoms with van der Waals surface area (Å²) in [6, 6.07) is 8.70. The topological polar surface area (TPSA) is 40.9 Å². The van der Waals surface area contributed by atoms with Gasteiger partial charge in [0.15, 0.2) is 0 Å². The van der Waals surface area contributed by atoms with E-state index in [0.29, 0.717) is 14.8 Å². The van der Waals surface area contributed by atoms with E-state index < -0.39 is 0 Å². The Hall–Kier alpha value is -0.890. The fourth-order valence-corrected chi connectivity index (χ4v) is 2.83. The van der Waals surface area contributed by atoms with Gasteiger partial charge in [-0.15, -0.1) is 23.5 Å². The Morgan fingerprint density at radius 2 is 1.88 bits per heavy atom. The summed E-state index contributed by atoms with van der Waals surface area (Å²) in [6.07, 6.45) is 3.67. The maximum absolute atomic E-state index is 12.2. The minimum atomic E-state index is -0.322. The molecule has 0 fully saturated rings. The molecule has 0 N–H and O–H groups in total. The highest BCUT2D eigenvalue weighted by Gasteiger charge is 2.18. The number of carbonyl (C=O) groups is 1. The van der Waals surface area contributed by atoms with E-state index in [1.54, 1.807) is 24.3 Å². The van der Waals surface area contributed by atoms with Crippen molar-refractivity contribution in [2.24, 2.45) is 0 Å². The molecular formula is C12H10ClNOS2. The summed E-state index contributed by atoms with van der Waals surface area (Å²) in [5.41, 5.74) is 0.518. The first-order chi connectivity index (χ1) is 8.15. The molecular weight excluding hydrogens is 274 g/mol. The summed E-state index contributed by atoms with van der Waals surface area (Å²) in [6.45, 7) is 0. The maximum atomic E-state index is 12.2. The zero-order chi connectivity index (χ0) is 12.8. The van der Waals surface area contributed by atoms with Gasteiger partial charge in [-0.2, -0.15) is 5.26 Å². The molecule has 88 valence electrons. The van der Waals surface area contributed by atoms with Crippen molar-refractivity contribution < 1.29 is 4.79 Å². The van der Waals surface area contributed by atoms with E-state index in [1.165, 1.54) is 23.5 Å². The van der Waals surface area contributed by atoms with Crippen LogP contribution in [0.2, 0.25) is 5.02 Å². The lowest BCUT2D eigenvalue weighted by Crippen LogP contribution is -2.04. The summed E-state index contributed by atoms with van der Waals surface area (Å²) in [4.78, 5) is 12.2. The molecule has 1 aromatic carbocycles. The molecule has 17 heavy (non-hydrogen) atoms. The van der Waals surface area contributed by atoms with Crippen molar-refractivity contribution in [1.29, 1.82) is 5.26 Å². The molecule has 0 saturated heterocycles. The van der Waals surface area contributed by atoms with Crippen molar-refractivity contribution in [2.45, 2.75) is 0 Å². The van der Waals surface area contributed by atoms with Crippen molar-refractivity contribution in [1.82, 2.24) is 0 Å². The van der Waals surface area contributed by atoms with E-state index in [-0.39, 0.29) is 11.4 Å². The van der Waals surface area contributed by atoms with Crippen molar-refractivity contribution in [3.05, 3.63) is 44.7 Å². The average Bonchev–Trinajstić information content (AvgIpc) is 2.35. The normalized spacial score (nSPS) is 9.53. The second-order valence-corrected chi connectivity index (χ2v) is 5.29. The third kappa shape index (κ3) is 3.29. The molecule has 0 heterocycles.